The molecule has 204 valence electrons. The number of nitrogens with zero attached hydrogens (tertiary/aromatic N) is 2. The Kier molecular flexibility index (Phi) is 9.54. The number of benzene rings is 2. The average molecular weight is 582 g/mol. The van der Waals surface area contributed by atoms with Crippen molar-refractivity contribution < 1.29 is 31.2 Å². The zero-order chi connectivity index (χ0) is 28.3. The molecule has 1 atom stereocenters. The molecule has 0 bridgehead atoms. The van der Waals surface area contributed by atoms with Gasteiger partial charge in [-0.15, -0.1) is 0 Å². The molecule has 0 saturated heterocycles. The third-order valence-electron chi connectivity index (χ3n) is 5.13. The molecule has 0 heterocycles. The van der Waals surface area contributed by atoms with E-state index in [-0.39, 0.29) is 11.6 Å². The molecule has 0 aromatic heterocycles. The van der Waals surface area contributed by atoms with Crippen LogP contribution in [0.25, 0.3) is 0 Å². The number of rotatable bonds is 8. The molecule has 0 aliphatic heterocycles. The van der Waals surface area contributed by atoms with Gasteiger partial charge in [0.1, 0.15) is 12.6 Å². The minimum absolute atomic E-state index is 0.119. The smallest absolute Gasteiger partial charge is 0.350 e. The predicted molar refractivity (Wildman–Crippen MR) is 138 cm³/mol. The number of amides is 2. The summed E-state index contributed by atoms with van der Waals surface area (Å²) in [4.78, 5) is 27.6. The topological polar surface area (TPSA) is 86.8 Å². The van der Waals surface area contributed by atoms with Gasteiger partial charge in [0.15, 0.2) is 0 Å². The molecule has 0 aliphatic carbocycles. The Morgan fingerprint density at radius 1 is 1.05 bits per heavy atom. The van der Waals surface area contributed by atoms with Crippen LogP contribution in [0, 0.1) is 0 Å². The van der Waals surface area contributed by atoms with Gasteiger partial charge in [-0.1, -0.05) is 35.3 Å². The van der Waals surface area contributed by atoms with Crippen LogP contribution in [-0.2, 0) is 32.3 Å². The zero-order valence-corrected chi connectivity index (χ0v) is 23.2. The van der Waals surface area contributed by atoms with E-state index in [4.69, 9.17) is 23.2 Å². The second-order valence-corrected chi connectivity index (χ2v) is 12.3. The van der Waals surface area contributed by atoms with E-state index in [2.05, 4.69) is 5.32 Å². The van der Waals surface area contributed by atoms with E-state index < -0.39 is 57.4 Å². The lowest BCUT2D eigenvalue weighted by Gasteiger charge is -2.33. The molecule has 2 amide bonds. The van der Waals surface area contributed by atoms with E-state index in [1.165, 1.54) is 6.92 Å². The Bertz CT molecular complexity index is 1260. The number of sulfonamides is 1. The quantitative estimate of drug-likeness (QED) is 0.469. The summed E-state index contributed by atoms with van der Waals surface area (Å²) in [5.74, 6) is -1.35. The minimum Gasteiger partial charge on any atom is -0.350 e. The SMILES string of the molecule is C[C@@H](C(=O)NC(C)(C)C)N(Cc1cccc(Cl)c1)C(=O)CN(c1cc(C(F)(F)F)ccc1Cl)S(C)(=O)=O. The normalized spacial score (nSPS) is 13.1. The highest BCUT2D eigenvalue weighted by Gasteiger charge is 2.35. The summed E-state index contributed by atoms with van der Waals surface area (Å²) in [7, 11) is -4.27. The van der Waals surface area contributed by atoms with Gasteiger partial charge in [-0.2, -0.15) is 13.2 Å². The van der Waals surface area contributed by atoms with Crippen molar-refractivity contribution in [3.63, 3.8) is 0 Å². The van der Waals surface area contributed by atoms with Crippen LogP contribution in [0.3, 0.4) is 0 Å². The second-order valence-electron chi connectivity index (χ2n) is 9.50. The summed E-state index contributed by atoms with van der Waals surface area (Å²) in [5.41, 5.74) is -1.72. The zero-order valence-electron chi connectivity index (χ0n) is 20.9. The van der Waals surface area contributed by atoms with Gasteiger partial charge in [-0.05, 0) is 63.6 Å². The average Bonchev–Trinajstić information content (AvgIpc) is 2.73. The van der Waals surface area contributed by atoms with Gasteiger partial charge in [-0.3, -0.25) is 13.9 Å². The van der Waals surface area contributed by atoms with Gasteiger partial charge < -0.3 is 10.2 Å². The molecular weight excluding hydrogens is 554 g/mol. The number of anilines is 1. The molecule has 0 radical (unpaired) electrons. The number of hydrogen-bond acceptors (Lipinski definition) is 4. The second kappa shape index (κ2) is 11.5. The number of carbonyl (C=O) groups excluding carboxylic acids is 2. The summed E-state index contributed by atoms with van der Waals surface area (Å²) in [6.45, 7) is 5.70. The van der Waals surface area contributed by atoms with Crippen molar-refractivity contribution in [3.05, 3.63) is 63.6 Å². The van der Waals surface area contributed by atoms with E-state index in [1.54, 1.807) is 45.0 Å². The van der Waals surface area contributed by atoms with Crippen molar-refractivity contribution in [2.75, 3.05) is 17.1 Å². The Balaban J connectivity index is 2.52. The van der Waals surface area contributed by atoms with Gasteiger partial charge in [0, 0.05) is 17.1 Å². The van der Waals surface area contributed by atoms with Gasteiger partial charge in [-0.25, -0.2) is 8.42 Å². The standard InChI is InChI=1S/C24H28Cl2F3N3O4S/c1-15(22(34)30-23(2,3)4)31(13-16-7-6-8-18(25)11-16)21(33)14-32(37(5,35)36)20-12-17(24(27,28)29)9-10-19(20)26/h6-12,15H,13-14H2,1-5H3,(H,30,34)/t15-/m0/s1. The van der Waals surface area contributed by atoms with E-state index in [0.717, 1.165) is 17.2 Å². The first-order chi connectivity index (χ1) is 16.8. The first kappa shape index (κ1) is 30.7. The van der Waals surface area contributed by atoms with Crippen LogP contribution in [0.1, 0.15) is 38.8 Å². The summed E-state index contributed by atoms with van der Waals surface area (Å²) >= 11 is 12.1. The molecule has 0 saturated carbocycles. The molecule has 0 unspecified atom stereocenters. The van der Waals surface area contributed by atoms with Gasteiger partial charge in [0.05, 0.1) is 22.5 Å². The van der Waals surface area contributed by atoms with Crippen LogP contribution in [-0.4, -0.2) is 49.5 Å². The number of alkyl halides is 3. The summed E-state index contributed by atoms with van der Waals surface area (Å²) in [6, 6.07) is 7.62. The Morgan fingerprint density at radius 3 is 2.19 bits per heavy atom. The van der Waals surface area contributed by atoms with E-state index >= 15 is 0 Å². The van der Waals surface area contributed by atoms with Crippen LogP contribution in [0.2, 0.25) is 10.0 Å². The maximum absolute atomic E-state index is 13.5. The first-order valence-electron chi connectivity index (χ1n) is 11.0. The lowest BCUT2D eigenvalue weighted by atomic mass is 10.1. The number of hydrogen-bond donors (Lipinski definition) is 1. The van der Waals surface area contributed by atoms with Gasteiger partial charge >= 0.3 is 6.18 Å². The highest BCUT2D eigenvalue weighted by Crippen LogP contribution is 2.36. The maximum Gasteiger partial charge on any atom is 0.416 e. The van der Waals surface area contributed by atoms with Crippen molar-refractivity contribution in [3.8, 4) is 0 Å². The number of halogens is 5. The third kappa shape index (κ3) is 8.79. The minimum atomic E-state index is -4.77. The third-order valence-corrected chi connectivity index (χ3v) is 6.81. The van der Waals surface area contributed by atoms with Gasteiger partial charge in [0.2, 0.25) is 21.8 Å². The molecule has 1 N–H and O–H groups in total. The van der Waals surface area contributed by atoms with E-state index in [1.807, 2.05) is 0 Å². The number of carbonyl (C=O) groups is 2. The molecule has 2 aromatic carbocycles. The van der Waals surface area contributed by atoms with Crippen molar-refractivity contribution in [1.29, 1.82) is 0 Å². The largest absolute Gasteiger partial charge is 0.416 e. The Morgan fingerprint density at radius 2 is 1.68 bits per heavy atom. The van der Waals surface area contributed by atoms with Crippen molar-refractivity contribution in [1.82, 2.24) is 10.2 Å². The summed E-state index contributed by atoms with van der Waals surface area (Å²) in [6.07, 6.45) is -4.03. The molecular formula is C24H28Cl2F3N3O4S. The summed E-state index contributed by atoms with van der Waals surface area (Å²) < 4.78 is 65.7. The van der Waals surface area contributed by atoms with Crippen LogP contribution in [0.15, 0.2) is 42.5 Å². The van der Waals surface area contributed by atoms with Crippen LogP contribution in [0.5, 0.6) is 0 Å². The van der Waals surface area contributed by atoms with Crippen molar-refractivity contribution >= 4 is 50.7 Å². The Labute approximate surface area is 224 Å². The number of nitrogens with one attached hydrogen (secondary N) is 1. The van der Waals surface area contributed by atoms with Gasteiger partial charge in [0.25, 0.3) is 0 Å². The lowest BCUT2D eigenvalue weighted by Crippen LogP contribution is -2.54. The van der Waals surface area contributed by atoms with Crippen molar-refractivity contribution in [2.24, 2.45) is 0 Å². The summed E-state index contributed by atoms with van der Waals surface area (Å²) in [5, 5.41) is 2.84. The molecule has 37 heavy (non-hydrogen) atoms. The highest BCUT2D eigenvalue weighted by atomic mass is 35.5. The molecule has 0 fully saturated rings. The maximum atomic E-state index is 13.5. The van der Waals surface area contributed by atoms with Crippen LogP contribution < -0.4 is 9.62 Å². The van der Waals surface area contributed by atoms with Crippen molar-refractivity contribution in [2.45, 2.75) is 52.0 Å². The fourth-order valence-corrected chi connectivity index (χ4v) is 4.70. The molecule has 0 spiro atoms. The fourth-order valence-electron chi connectivity index (χ4n) is 3.36. The van der Waals surface area contributed by atoms with E-state index in [0.29, 0.717) is 27.0 Å². The molecule has 7 nitrogen and oxygen atoms in total. The monoisotopic (exact) mass is 581 g/mol. The highest BCUT2D eigenvalue weighted by molar-refractivity contribution is 7.92. The first-order valence-corrected chi connectivity index (χ1v) is 13.6. The lowest BCUT2D eigenvalue weighted by molar-refractivity contribution is -0.140. The predicted octanol–water partition coefficient (Wildman–Crippen LogP) is 5.11. The molecule has 2 rings (SSSR count). The molecule has 13 heteroatoms. The van der Waals surface area contributed by atoms with E-state index in [9.17, 15) is 31.2 Å². The molecule has 0 aliphatic rings. The Hall–Kier alpha value is -2.50. The van der Waals surface area contributed by atoms with Crippen LogP contribution in [0.4, 0.5) is 18.9 Å². The molecule has 2 aromatic rings. The van der Waals surface area contributed by atoms with Crippen LogP contribution >= 0.6 is 23.2 Å². The fraction of sp³-hybridized carbons (Fsp3) is 0.417.